The van der Waals surface area contributed by atoms with Crippen LogP contribution in [0.1, 0.15) is 31.9 Å². The van der Waals surface area contributed by atoms with E-state index in [1.807, 2.05) is 6.92 Å². The van der Waals surface area contributed by atoms with Gasteiger partial charge < -0.3 is 14.9 Å². The number of allylic oxidation sites excluding steroid dienone is 1. The summed E-state index contributed by atoms with van der Waals surface area (Å²) in [6.07, 6.45) is 0.786. The molecule has 0 heterocycles. The molecule has 3 nitrogen and oxygen atoms in total. The normalized spacial score (nSPS) is 14.3. The fourth-order valence-electron chi connectivity index (χ4n) is 1.54. The van der Waals surface area contributed by atoms with Gasteiger partial charge in [-0.15, -0.1) is 0 Å². The molecule has 2 unspecified atom stereocenters. The van der Waals surface area contributed by atoms with Gasteiger partial charge in [0.2, 0.25) is 0 Å². The lowest BCUT2D eigenvalue weighted by Gasteiger charge is -2.19. The maximum atomic E-state index is 9.65. The van der Waals surface area contributed by atoms with Crippen molar-refractivity contribution >= 4 is 34.0 Å². The lowest BCUT2D eigenvalue weighted by molar-refractivity contribution is 0.0604. The van der Waals surface area contributed by atoms with E-state index in [2.05, 4.69) is 13.2 Å². The molecule has 0 radical (unpaired) electrons. The number of hydrogen-bond donors (Lipinski definition) is 2. The zero-order valence-electron chi connectivity index (χ0n) is 13.0. The number of thioether (sulfide) groups is 1. The van der Waals surface area contributed by atoms with Gasteiger partial charge >= 0.3 is 0 Å². The molecule has 0 amide bonds. The second kappa shape index (κ2) is 8.32. The molecule has 2 N–H and O–H groups in total. The maximum absolute atomic E-state index is 9.65. The van der Waals surface area contributed by atoms with Crippen LogP contribution in [0.15, 0.2) is 41.8 Å². The summed E-state index contributed by atoms with van der Waals surface area (Å²) in [6, 6.07) is 5.22. The Hall–Kier alpha value is -1.36. The summed E-state index contributed by atoms with van der Waals surface area (Å²) in [5, 5.41) is 19.2. The Morgan fingerprint density at radius 1 is 1.27 bits per heavy atom. The molecule has 5 heteroatoms. The molecule has 1 aromatic carbocycles. The average Bonchev–Trinajstić information content (AvgIpc) is 2.46. The molecular weight excluding hydrogens is 320 g/mol. The number of aliphatic hydroxyl groups excluding tert-OH is 2. The summed E-state index contributed by atoms with van der Waals surface area (Å²) in [5.74, 6) is 0.459. The van der Waals surface area contributed by atoms with Crippen LogP contribution >= 0.6 is 23.4 Å². The van der Waals surface area contributed by atoms with Gasteiger partial charge in [0, 0.05) is 10.5 Å². The van der Waals surface area contributed by atoms with Crippen LogP contribution in [0.4, 0.5) is 0 Å². The fourth-order valence-corrected chi connectivity index (χ4v) is 2.41. The Morgan fingerprint density at radius 2 is 1.86 bits per heavy atom. The van der Waals surface area contributed by atoms with Gasteiger partial charge in [0.05, 0.1) is 10.5 Å². The number of benzene rings is 1. The topological polar surface area (TPSA) is 49.7 Å². The smallest absolute Gasteiger partial charge is 0.121 e. The third-order valence-electron chi connectivity index (χ3n) is 3.01. The van der Waals surface area contributed by atoms with E-state index in [4.69, 9.17) is 16.3 Å². The van der Waals surface area contributed by atoms with E-state index in [1.54, 1.807) is 38.1 Å². The predicted molar refractivity (Wildman–Crippen MR) is 96.1 cm³/mol. The molecule has 2 atom stereocenters. The molecule has 0 saturated carbocycles. The molecule has 0 spiro atoms. The van der Waals surface area contributed by atoms with Gasteiger partial charge in [0.1, 0.15) is 17.6 Å². The number of aliphatic hydroxyl groups is 2. The van der Waals surface area contributed by atoms with Crippen LogP contribution in [-0.2, 0) is 0 Å². The molecule has 0 aliphatic rings. The van der Waals surface area contributed by atoms with E-state index in [0.717, 1.165) is 10.5 Å². The van der Waals surface area contributed by atoms with E-state index in [9.17, 15) is 10.2 Å². The second-order valence-electron chi connectivity index (χ2n) is 4.87. The first-order chi connectivity index (χ1) is 10.2. The summed E-state index contributed by atoms with van der Waals surface area (Å²) < 4.78 is 6.30. The van der Waals surface area contributed by atoms with Crippen molar-refractivity contribution in [1.29, 1.82) is 0 Å². The highest BCUT2D eigenvalue weighted by atomic mass is 35.5. The second-order valence-corrected chi connectivity index (χ2v) is 6.64. The largest absolute Gasteiger partial charge is 0.508 e. The van der Waals surface area contributed by atoms with Crippen molar-refractivity contribution in [3.63, 3.8) is 0 Å². The molecular formula is C17H21ClO3S. The van der Waals surface area contributed by atoms with Gasteiger partial charge in [-0.25, -0.2) is 0 Å². The summed E-state index contributed by atoms with van der Waals surface area (Å²) in [4.78, 5) is 0.723. The number of ether oxygens (including phenoxy) is 1. The van der Waals surface area contributed by atoms with Crippen molar-refractivity contribution in [3.8, 4) is 5.75 Å². The van der Waals surface area contributed by atoms with E-state index >= 15 is 0 Å². The maximum Gasteiger partial charge on any atom is 0.121 e. The van der Waals surface area contributed by atoms with Crippen LogP contribution in [0, 0.1) is 0 Å². The standard InChI is InChI=1S/C17H21ClO3S/c1-6-17(18)22-13(5)15-7-14(11(3)20)8-16(9-15)21-12(4)10(2)19/h6-10,12,19-20H,3,5H2,1-2,4H3/b17-6-. The number of hydrogen-bond acceptors (Lipinski definition) is 4. The first kappa shape index (κ1) is 18.7. The van der Waals surface area contributed by atoms with Crippen molar-refractivity contribution in [2.75, 3.05) is 0 Å². The summed E-state index contributed by atoms with van der Waals surface area (Å²) in [5.41, 5.74) is 1.30. The lowest BCUT2D eigenvalue weighted by Crippen LogP contribution is -2.25. The SMILES string of the molecule is C=C(O)c1cc(OC(C)C(C)O)cc(C(=C)S/C(Cl)=C\C)c1. The lowest BCUT2D eigenvalue weighted by atomic mass is 10.1. The van der Waals surface area contributed by atoms with Crippen LogP contribution in [0.2, 0.25) is 0 Å². The van der Waals surface area contributed by atoms with E-state index in [0.29, 0.717) is 15.7 Å². The highest BCUT2D eigenvalue weighted by molar-refractivity contribution is 8.13. The Bertz CT molecular complexity index is 594. The molecule has 0 aliphatic heterocycles. The van der Waals surface area contributed by atoms with Crippen molar-refractivity contribution in [2.24, 2.45) is 0 Å². The highest BCUT2D eigenvalue weighted by Crippen LogP contribution is 2.36. The monoisotopic (exact) mass is 340 g/mol. The minimum atomic E-state index is -0.612. The first-order valence-corrected chi connectivity index (χ1v) is 8.01. The molecule has 22 heavy (non-hydrogen) atoms. The Kier molecular flexibility index (Phi) is 7.07. The Labute approximate surface area is 141 Å². The van der Waals surface area contributed by atoms with Crippen LogP contribution in [0.3, 0.4) is 0 Å². The van der Waals surface area contributed by atoms with Crippen LogP contribution in [0.25, 0.3) is 10.7 Å². The van der Waals surface area contributed by atoms with Gasteiger partial charge in [-0.3, -0.25) is 0 Å². The predicted octanol–water partition coefficient (Wildman–Crippen LogP) is 5.17. The molecule has 120 valence electrons. The number of rotatable bonds is 7. The van der Waals surface area contributed by atoms with Crippen LogP contribution in [-0.4, -0.2) is 22.4 Å². The van der Waals surface area contributed by atoms with Gasteiger partial charge in [-0.1, -0.05) is 42.6 Å². The van der Waals surface area contributed by atoms with Crippen molar-refractivity contribution in [1.82, 2.24) is 0 Å². The minimum absolute atomic E-state index is 0.0636. The average molecular weight is 341 g/mol. The van der Waals surface area contributed by atoms with Gasteiger partial charge in [0.25, 0.3) is 0 Å². The fraction of sp³-hybridized carbons (Fsp3) is 0.294. The van der Waals surface area contributed by atoms with E-state index in [1.165, 1.54) is 11.8 Å². The van der Waals surface area contributed by atoms with Gasteiger partial charge in [-0.05, 0) is 44.5 Å². The Balaban J connectivity index is 3.14. The van der Waals surface area contributed by atoms with Crippen molar-refractivity contribution < 1.29 is 14.9 Å². The molecule has 1 rings (SSSR count). The van der Waals surface area contributed by atoms with E-state index < -0.39 is 6.10 Å². The summed E-state index contributed by atoms with van der Waals surface area (Å²) >= 11 is 7.33. The van der Waals surface area contributed by atoms with Crippen molar-refractivity contribution in [3.05, 3.63) is 52.9 Å². The highest BCUT2D eigenvalue weighted by Gasteiger charge is 2.13. The zero-order chi connectivity index (χ0) is 16.9. The molecule has 0 bridgehead atoms. The zero-order valence-corrected chi connectivity index (χ0v) is 14.5. The minimum Gasteiger partial charge on any atom is -0.508 e. The molecule has 0 saturated heterocycles. The van der Waals surface area contributed by atoms with E-state index in [-0.39, 0.29) is 11.9 Å². The number of halogens is 1. The van der Waals surface area contributed by atoms with Gasteiger partial charge in [-0.2, -0.15) is 0 Å². The molecule has 0 fully saturated rings. The van der Waals surface area contributed by atoms with Crippen LogP contribution < -0.4 is 4.74 Å². The third kappa shape index (κ3) is 5.44. The molecule has 0 aromatic heterocycles. The molecule has 0 aliphatic carbocycles. The van der Waals surface area contributed by atoms with Gasteiger partial charge in [0.15, 0.2) is 0 Å². The summed E-state index contributed by atoms with van der Waals surface area (Å²) in [6.45, 7) is 12.8. The van der Waals surface area contributed by atoms with Crippen LogP contribution in [0.5, 0.6) is 5.75 Å². The molecule has 1 aromatic rings. The van der Waals surface area contributed by atoms with Crippen molar-refractivity contribution in [2.45, 2.75) is 33.0 Å². The first-order valence-electron chi connectivity index (χ1n) is 6.81. The third-order valence-corrected chi connectivity index (χ3v) is 4.37. The Morgan fingerprint density at radius 3 is 2.36 bits per heavy atom. The summed E-state index contributed by atoms with van der Waals surface area (Å²) in [7, 11) is 0. The quantitative estimate of drug-likeness (QED) is 0.672.